The Balaban J connectivity index is 1.66. The van der Waals surface area contributed by atoms with Gasteiger partial charge >= 0.3 is 0 Å². The van der Waals surface area contributed by atoms with Crippen LogP contribution in [0.4, 0.5) is 0 Å². The summed E-state index contributed by atoms with van der Waals surface area (Å²) in [6.45, 7) is 0.656. The maximum atomic E-state index is 13.2. The molecule has 140 valence electrons. The van der Waals surface area contributed by atoms with E-state index in [-0.39, 0.29) is 11.9 Å². The van der Waals surface area contributed by atoms with Crippen LogP contribution in [0.15, 0.2) is 76.2 Å². The maximum Gasteiger partial charge on any atom is 0.290 e. The summed E-state index contributed by atoms with van der Waals surface area (Å²) in [4.78, 5) is 19.9. The molecule has 0 fully saturated rings. The molecule has 2 aromatic heterocycles. The molecule has 1 aliphatic rings. The molecule has 1 amide bonds. The molecule has 0 spiro atoms. The highest BCUT2D eigenvalue weighted by Crippen LogP contribution is 2.39. The van der Waals surface area contributed by atoms with E-state index in [0.29, 0.717) is 12.3 Å². The molecule has 1 aliphatic heterocycles. The van der Waals surface area contributed by atoms with Crippen LogP contribution in [-0.4, -0.2) is 28.6 Å². The molecule has 0 radical (unpaired) electrons. The van der Waals surface area contributed by atoms with E-state index in [0.717, 1.165) is 23.2 Å². The fourth-order valence-electron chi connectivity index (χ4n) is 4.13. The van der Waals surface area contributed by atoms with Gasteiger partial charge in [0.1, 0.15) is 0 Å². The van der Waals surface area contributed by atoms with Crippen molar-refractivity contribution in [3.8, 4) is 0 Å². The second-order valence-electron chi connectivity index (χ2n) is 6.96. The number of fused-ring (bicyclic) bond motifs is 3. The van der Waals surface area contributed by atoms with E-state index < -0.39 is 0 Å². The summed E-state index contributed by atoms with van der Waals surface area (Å²) in [5, 5.41) is 1.24. The average molecular weight is 388 g/mol. The van der Waals surface area contributed by atoms with Crippen LogP contribution >= 0.6 is 11.8 Å². The van der Waals surface area contributed by atoms with Crippen LogP contribution in [0.2, 0.25) is 0 Å². The summed E-state index contributed by atoms with van der Waals surface area (Å²) in [5.74, 6) is 0.304. The van der Waals surface area contributed by atoms with Gasteiger partial charge in [-0.1, -0.05) is 30.3 Å². The summed E-state index contributed by atoms with van der Waals surface area (Å²) in [6.07, 6.45) is 4.44. The Kier molecular flexibility index (Phi) is 4.24. The number of thioether (sulfide) groups is 1. The zero-order valence-electron chi connectivity index (χ0n) is 15.5. The van der Waals surface area contributed by atoms with E-state index in [4.69, 9.17) is 4.42 Å². The molecule has 28 heavy (non-hydrogen) atoms. The van der Waals surface area contributed by atoms with Crippen molar-refractivity contribution in [2.45, 2.75) is 17.4 Å². The zero-order valence-corrected chi connectivity index (χ0v) is 16.3. The minimum atomic E-state index is -0.162. The van der Waals surface area contributed by atoms with Crippen molar-refractivity contribution in [1.82, 2.24) is 9.88 Å². The maximum absolute atomic E-state index is 13.2. The van der Waals surface area contributed by atoms with Gasteiger partial charge in [0.05, 0.1) is 12.3 Å². The number of H-pyrrole nitrogens is 1. The van der Waals surface area contributed by atoms with Gasteiger partial charge in [-0.05, 0) is 54.1 Å². The lowest BCUT2D eigenvalue weighted by molar-refractivity contribution is 0.0659. The topological polar surface area (TPSA) is 49.2 Å². The second-order valence-corrected chi connectivity index (χ2v) is 7.84. The van der Waals surface area contributed by atoms with E-state index in [9.17, 15) is 4.79 Å². The first kappa shape index (κ1) is 17.2. The highest BCUT2D eigenvalue weighted by atomic mass is 32.2. The van der Waals surface area contributed by atoms with Gasteiger partial charge in [-0.25, -0.2) is 0 Å². The normalized spacial score (nSPS) is 16.3. The van der Waals surface area contributed by atoms with Crippen molar-refractivity contribution in [2.24, 2.45) is 0 Å². The van der Waals surface area contributed by atoms with Gasteiger partial charge in [0.25, 0.3) is 5.91 Å². The number of amides is 1. The average Bonchev–Trinajstić information content (AvgIpc) is 3.40. The van der Waals surface area contributed by atoms with Crippen molar-refractivity contribution in [1.29, 1.82) is 0 Å². The van der Waals surface area contributed by atoms with Gasteiger partial charge < -0.3 is 14.3 Å². The number of aromatic amines is 1. The first-order chi connectivity index (χ1) is 13.8. The van der Waals surface area contributed by atoms with Gasteiger partial charge in [0.15, 0.2) is 5.76 Å². The lowest BCUT2D eigenvalue weighted by Crippen LogP contribution is -2.40. The number of carbonyl (C=O) groups excluding carboxylic acids is 1. The van der Waals surface area contributed by atoms with Crippen LogP contribution in [0.25, 0.3) is 10.9 Å². The third-order valence-corrected chi connectivity index (χ3v) is 6.20. The molecule has 1 atom stereocenters. The van der Waals surface area contributed by atoms with Crippen molar-refractivity contribution < 1.29 is 9.21 Å². The summed E-state index contributed by atoms with van der Waals surface area (Å²) in [6, 6.07) is 20.2. The summed E-state index contributed by atoms with van der Waals surface area (Å²) >= 11 is 1.72. The fraction of sp³-hybridized carbons (Fsp3) is 0.174. The first-order valence-corrected chi connectivity index (χ1v) is 10.6. The van der Waals surface area contributed by atoms with Gasteiger partial charge in [-0.3, -0.25) is 4.79 Å². The standard InChI is InChI=1S/C23H20N2O2S/c1-28-16-10-8-15(9-11-16)22-21-18(17-5-2-3-6-19(17)24-21)12-13-25(22)23(26)20-7-4-14-27-20/h2-11,14,22,24H,12-13H2,1H3. The van der Waals surface area contributed by atoms with Crippen LogP contribution < -0.4 is 0 Å². The molecule has 4 aromatic rings. The number of hydrogen-bond acceptors (Lipinski definition) is 3. The Bertz CT molecular complexity index is 1130. The number of rotatable bonds is 3. The predicted molar refractivity (Wildman–Crippen MR) is 112 cm³/mol. The highest BCUT2D eigenvalue weighted by molar-refractivity contribution is 7.98. The number of nitrogens with zero attached hydrogens (tertiary/aromatic N) is 1. The molecule has 0 aliphatic carbocycles. The van der Waals surface area contributed by atoms with Crippen molar-refractivity contribution in [3.63, 3.8) is 0 Å². The molecule has 1 unspecified atom stereocenters. The number of furan rings is 1. The van der Waals surface area contributed by atoms with Crippen LogP contribution in [-0.2, 0) is 6.42 Å². The van der Waals surface area contributed by atoms with Crippen LogP contribution in [0, 0.1) is 0 Å². The van der Waals surface area contributed by atoms with E-state index in [2.05, 4.69) is 53.7 Å². The Morgan fingerprint density at radius 1 is 1.11 bits per heavy atom. The van der Waals surface area contributed by atoms with Crippen LogP contribution in [0.3, 0.4) is 0 Å². The molecule has 0 bridgehead atoms. The lowest BCUT2D eigenvalue weighted by Gasteiger charge is -2.35. The number of hydrogen-bond donors (Lipinski definition) is 1. The Labute approximate surface area is 167 Å². The van der Waals surface area contributed by atoms with Crippen molar-refractivity contribution in [3.05, 3.63) is 89.5 Å². The number of benzene rings is 2. The molecule has 2 aromatic carbocycles. The third-order valence-electron chi connectivity index (χ3n) is 5.46. The van der Waals surface area contributed by atoms with E-state index in [1.807, 2.05) is 11.0 Å². The van der Waals surface area contributed by atoms with E-state index in [1.54, 1.807) is 30.2 Å². The molecule has 1 N–H and O–H groups in total. The number of nitrogens with one attached hydrogen (secondary N) is 1. The second kappa shape index (κ2) is 6.91. The quantitative estimate of drug-likeness (QED) is 0.486. The Hall–Kier alpha value is -2.92. The van der Waals surface area contributed by atoms with Crippen LogP contribution in [0.5, 0.6) is 0 Å². The molecule has 0 saturated carbocycles. The van der Waals surface area contributed by atoms with E-state index >= 15 is 0 Å². The third kappa shape index (κ3) is 2.74. The Morgan fingerprint density at radius 3 is 2.68 bits per heavy atom. The van der Waals surface area contributed by atoms with Crippen LogP contribution in [0.1, 0.15) is 33.4 Å². The SMILES string of the molecule is CSc1ccc(C2c3[nH]c4ccccc4c3CCN2C(=O)c2ccco2)cc1. The lowest BCUT2D eigenvalue weighted by atomic mass is 9.92. The van der Waals surface area contributed by atoms with Crippen molar-refractivity contribution >= 4 is 28.6 Å². The van der Waals surface area contributed by atoms with Crippen molar-refractivity contribution in [2.75, 3.05) is 12.8 Å². The first-order valence-electron chi connectivity index (χ1n) is 9.34. The number of para-hydroxylation sites is 1. The number of carbonyl (C=O) groups is 1. The number of aromatic nitrogens is 1. The van der Waals surface area contributed by atoms with Gasteiger partial charge in [0.2, 0.25) is 0 Å². The summed E-state index contributed by atoms with van der Waals surface area (Å²) in [7, 11) is 0. The highest BCUT2D eigenvalue weighted by Gasteiger charge is 2.35. The smallest absolute Gasteiger partial charge is 0.290 e. The molecule has 4 nitrogen and oxygen atoms in total. The zero-order chi connectivity index (χ0) is 19.1. The molecule has 5 rings (SSSR count). The molecule has 5 heteroatoms. The Morgan fingerprint density at radius 2 is 1.93 bits per heavy atom. The van der Waals surface area contributed by atoms with Gasteiger partial charge in [-0.15, -0.1) is 11.8 Å². The molecular weight excluding hydrogens is 368 g/mol. The monoisotopic (exact) mass is 388 g/mol. The van der Waals surface area contributed by atoms with E-state index in [1.165, 1.54) is 15.8 Å². The van der Waals surface area contributed by atoms with Gasteiger partial charge in [-0.2, -0.15) is 0 Å². The molecular formula is C23H20N2O2S. The molecule has 3 heterocycles. The predicted octanol–water partition coefficient (Wildman–Crippen LogP) is 5.27. The van der Waals surface area contributed by atoms with Gasteiger partial charge in [0, 0.05) is 28.0 Å². The minimum absolute atomic E-state index is 0.0757. The summed E-state index contributed by atoms with van der Waals surface area (Å²) in [5.41, 5.74) is 4.62. The minimum Gasteiger partial charge on any atom is -0.459 e. The molecule has 0 saturated heterocycles. The fourth-order valence-corrected chi connectivity index (χ4v) is 4.54. The largest absolute Gasteiger partial charge is 0.459 e. The summed E-state index contributed by atoms with van der Waals surface area (Å²) < 4.78 is 5.41.